The average molecular weight is 275 g/mol. The van der Waals surface area contributed by atoms with Crippen molar-refractivity contribution in [2.75, 3.05) is 0 Å². The van der Waals surface area contributed by atoms with Gasteiger partial charge in [0, 0.05) is 23.4 Å². The molecule has 0 unspecified atom stereocenters. The Morgan fingerprint density at radius 1 is 1.35 bits per heavy atom. The molecule has 0 heterocycles. The van der Waals surface area contributed by atoms with Gasteiger partial charge >= 0.3 is 0 Å². The van der Waals surface area contributed by atoms with Gasteiger partial charge in [0.25, 0.3) is 11.6 Å². The van der Waals surface area contributed by atoms with Crippen molar-refractivity contribution in [3.63, 3.8) is 0 Å². The number of hydrogen-bond donors (Lipinski definition) is 1. The lowest BCUT2D eigenvalue weighted by atomic mass is 9.89. The lowest BCUT2D eigenvalue weighted by molar-refractivity contribution is -0.384. The molecular formula is C14H17N3O3. The first-order valence-electron chi connectivity index (χ1n) is 6.69. The van der Waals surface area contributed by atoms with Gasteiger partial charge in [-0.25, -0.2) is 5.43 Å². The van der Waals surface area contributed by atoms with Gasteiger partial charge in [-0.1, -0.05) is 13.3 Å². The number of hydrazone groups is 1. The molecule has 1 aliphatic carbocycles. The number of carbonyl (C=O) groups is 1. The molecule has 1 aromatic rings. The van der Waals surface area contributed by atoms with Gasteiger partial charge in [-0.2, -0.15) is 5.10 Å². The monoisotopic (exact) mass is 275 g/mol. The summed E-state index contributed by atoms with van der Waals surface area (Å²) in [7, 11) is 0. The Balaban J connectivity index is 2.01. The van der Waals surface area contributed by atoms with Gasteiger partial charge in [-0.05, 0) is 37.3 Å². The smallest absolute Gasteiger partial charge is 0.267 e. The predicted molar refractivity (Wildman–Crippen MR) is 75.6 cm³/mol. The number of hydrogen-bond acceptors (Lipinski definition) is 4. The third-order valence-corrected chi connectivity index (χ3v) is 3.53. The molecule has 1 saturated carbocycles. The second-order valence-corrected chi connectivity index (χ2v) is 4.99. The third kappa shape index (κ3) is 3.40. The van der Waals surface area contributed by atoms with Crippen molar-refractivity contribution < 1.29 is 9.72 Å². The van der Waals surface area contributed by atoms with Crippen LogP contribution in [-0.2, 0) is 0 Å². The molecule has 1 N–H and O–H groups in total. The van der Waals surface area contributed by atoms with E-state index in [1.165, 1.54) is 30.7 Å². The van der Waals surface area contributed by atoms with E-state index in [2.05, 4.69) is 17.5 Å². The Morgan fingerprint density at radius 3 is 2.65 bits per heavy atom. The Kier molecular flexibility index (Phi) is 4.45. The number of rotatable bonds is 3. The molecule has 0 aromatic heterocycles. The minimum absolute atomic E-state index is 0.0335. The molecule has 0 aliphatic heterocycles. The Bertz CT molecular complexity index is 537. The van der Waals surface area contributed by atoms with Crippen LogP contribution >= 0.6 is 0 Å². The first-order chi connectivity index (χ1) is 9.58. The van der Waals surface area contributed by atoms with E-state index in [4.69, 9.17) is 0 Å². The van der Waals surface area contributed by atoms with Crippen LogP contribution in [0, 0.1) is 16.0 Å². The molecule has 0 spiro atoms. The van der Waals surface area contributed by atoms with Gasteiger partial charge in [0.2, 0.25) is 0 Å². The number of nitro benzene ring substituents is 1. The maximum atomic E-state index is 11.9. The molecule has 1 fully saturated rings. The number of benzene rings is 1. The summed E-state index contributed by atoms with van der Waals surface area (Å²) in [5.41, 5.74) is 3.88. The fraction of sp³-hybridized carbons (Fsp3) is 0.429. The lowest BCUT2D eigenvalue weighted by Gasteiger charge is -2.19. The van der Waals surface area contributed by atoms with Crippen molar-refractivity contribution in [2.24, 2.45) is 11.0 Å². The SMILES string of the molecule is C[C@H]1CCCC/C1=N/NC(=O)c1ccc([N+](=O)[O-])cc1. The molecule has 1 amide bonds. The molecule has 1 atom stereocenters. The summed E-state index contributed by atoms with van der Waals surface area (Å²) in [5.74, 6) is 0.0612. The first-order valence-corrected chi connectivity index (χ1v) is 6.69. The minimum atomic E-state index is -0.494. The molecule has 1 aliphatic rings. The summed E-state index contributed by atoms with van der Waals surface area (Å²) in [4.78, 5) is 21.9. The van der Waals surface area contributed by atoms with Gasteiger partial charge in [0.05, 0.1) is 4.92 Å². The normalized spacial score (nSPS) is 20.6. The molecule has 20 heavy (non-hydrogen) atoms. The molecular weight excluding hydrogens is 258 g/mol. The largest absolute Gasteiger partial charge is 0.271 e. The molecule has 0 bridgehead atoms. The number of nitro groups is 1. The molecule has 0 saturated heterocycles. The molecule has 106 valence electrons. The highest BCUT2D eigenvalue weighted by Crippen LogP contribution is 2.20. The number of amides is 1. The van der Waals surface area contributed by atoms with Gasteiger partial charge < -0.3 is 0 Å². The van der Waals surface area contributed by atoms with Crippen molar-refractivity contribution in [1.29, 1.82) is 0 Å². The van der Waals surface area contributed by atoms with Crippen molar-refractivity contribution in [2.45, 2.75) is 32.6 Å². The van der Waals surface area contributed by atoms with Crippen LogP contribution in [0.4, 0.5) is 5.69 Å². The fourth-order valence-electron chi connectivity index (χ4n) is 2.26. The molecule has 6 heteroatoms. The number of nitrogens with one attached hydrogen (secondary N) is 1. The van der Waals surface area contributed by atoms with Gasteiger partial charge in [-0.3, -0.25) is 14.9 Å². The second kappa shape index (κ2) is 6.27. The van der Waals surface area contributed by atoms with Crippen LogP contribution in [0.5, 0.6) is 0 Å². The van der Waals surface area contributed by atoms with Gasteiger partial charge in [0.1, 0.15) is 0 Å². The highest BCUT2D eigenvalue weighted by molar-refractivity contribution is 5.96. The van der Waals surface area contributed by atoms with Crippen molar-refractivity contribution in [3.05, 3.63) is 39.9 Å². The van der Waals surface area contributed by atoms with Gasteiger partial charge in [-0.15, -0.1) is 0 Å². The quantitative estimate of drug-likeness (QED) is 0.680. The van der Waals surface area contributed by atoms with Crippen LogP contribution in [0.15, 0.2) is 29.4 Å². The standard InChI is InChI=1S/C14H17N3O3/c1-10-4-2-3-5-13(10)15-16-14(18)11-6-8-12(9-7-11)17(19)20/h6-10H,2-5H2,1H3,(H,16,18)/b15-13-/t10-/m0/s1. The zero-order chi connectivity index (χ0) is 14.5. The molecule has 1 aromatic carbocycles. The highest BCUT2D eigenvalue weighted by Gasteiger charge is 2.16. The summed E-state index contributed by atoms with van der Waals surface area (Å²) in [6.07, 6.45) is 4.33. The highest BCUT2D eigenvalue weighted by atomic mass is 16.6. The van der Waals surface area contributed by atoms with Crippen LogP contribution in [-0.4, -0.2) is 16.5 Å². The van der Waals surface area contributed by atoms with Crippen LogP contribution in [0.3, 0.4) is 0 Å². The fourth-order valence-corrected chi connectivity index (χ4v) is 2.26. The van der Waals surface area contributed by atoms with Crippen LogP contribution in [0.2, 0.25) is 0 Å². The van der Waals surface area contributed by atoms with E-state index in [0.717, 1.165) is 25.0 Å². The number of nitrogens with zero attached hydrogens (tertiary/aromatic N) is 2. The maximum absolute atomic E-state index is 11.9. The van der Waals surface area contributed by atoms with E-state index < -0.39 is 4.92 Å². The summed E-state index contributed by atoms with van der Waals surface area (Å²) < 4.78 is 0. The minimum Gasteiger partial charge on any atom is -0.267 e. The van der Waals surface area contributed by atoms with E-state index in [0.29, 0.717) is 11.5 Å². The van der Waals surface area contributed by atoms with E-state index >= 15 is 0 Å². The van der Waals surface area contributed by atoms with Crippen LogP contribution < -0.4 is 5.43 Å². The predicted octanol–water partition coefficient (Wildman–Crippen LogP) is 2.89. The van der Waals surface area contributed by atoms with Crippen LogP contribution in [0.25, 0.3) is 0 Å². The summed E-state index contributed by atoms with van der Waals surface area (Å²) in [6.45, 7) is 2.11. The van der Waals surface area contributed by atoms with Crippen LogP contribution in [0.1, 0.15) is 43.0 Å². The zero-order valence-corrected chi connectivity index (χ0v) is 11.3. The second-order valence-electron chi connectivity index (χ2n) is 4.99. The number of non-ortho nitro benzene ring substituents is 1. The van der Waals surface area contributed by atoms with Crippen molar-refractivity contribution in [3.8, 4) is 0 Å². The first kappa shape index (κ1) is 14.2. The van der Waals surface area contributed by atoms with Crippen molar-refractivity contribution >= 4 is 17.3 Å². The summed E-state index contributed by atoms with van der Waals surface area (Å²) in [5, 5.41) is 14.7. The Labute approximate surface area is 117 Å². The lowest BCUT2D eigenvalue weighted by Crippen LogP contribution is -2.24. The number of carbonyl (C=O) groups excluding carboxylic acids is 1. The molecule has 2 rings (SSSR count). The average Bonchev–Trinajstić information content (AvgIpc) is 2.46. The van der Waals surface area contributed by atoms with E-state index in [-0.39, 0.29) is 11.6 Å². The molecule has 0 radical (unpaired) electrons. The maximum Gasteiger partial charge on any atom is 0.271 e. The zero-order valence-electron chi connectivity index (χ0n) is 11.3. The summed E-state index contributed by atoms with van der Waals surface area (Å²) in [6, 6.07) is 5.48. The van der Waals surface area contributed by atoms with E-state index in [1.54, 1.807) is 0 Å². The third-order valence-electron chi connectivity index (χ3n) is 3.53. The van der Waals surface area contributed by atoms with Crippen molar-refractivity contribution in [1.82, 2.24) is 5.43 Å². The van der Waals surface area contributed by atoms with Gasteiger partial charge in [0.15, 0.2) is 0 Å². The molecule has 6 nitrogen and oxygen atoms in total. The topological polar surface area (TPSA) is 84.6 Å². The van der Waals surface area contributed by atoms with E-state index in [1.807, 2.05) is 0 Å². The van der Waals surface area contributed by atoms with E-state index in [9.17, 15) is 14.9 Å². The Morgan fingerprint density at radius 2 is 2.05 bits per heavy atom. The summed E-state index contributed by atoms with van der Waals surface area (Å²) >= 11 is 0. The Hall–Kier alpha value is -2.24.